The lowest BCUT2D eigenvalue weighted by atomic mass is 9.95. The van der Waals surface area contributed by atoms with Crippen LogP contribution in [0.5, 0.6) is 5.75 Å². The molecular formula is C14H22BrNO2. The van der Waals surface area contributed by atoms with Gasteiger partial charge in [-0.1, -0.05) is 6.07 Å². The molecular weight excluding hydrogens is 294 g/mol. The Bertz CT molecular complexity index is 393. The lowest BCUT2D eigenvalue weighted by molar-refractivity contribution is 0.0125. The summed E-state index contributed by atoms with van der Waals surface area (Å²) in [6, 6.07) is 5.97. The maximum absolute atomic E-state index is 6.20. The molecule has 0 amide bonds. The summed E-state index contributed by atoms with van der Waals surface area (Å²) < 4.78 is 11.5. The minimum atomic E-state index is -0.124. The molecule has 0 spiro atoms. The van der Waals surface area contributed by atoms with Crippen LogP contribution in [-0.4, -0.2) is 19.8 Å². The fraction of sp³-hybridized carbons (Fsp3) is 0.571. The van der Waals surface area contributed by atoms with Crippen molar-refractivity contribution >= 4 is 15.9 Å². The smallest absolute Gasteiger partial charge is 0.133 e. The molecule has 0 aliphatic heterocycles. The fourth-order valence-corrected chi connectivity index (χ4v) is 2.24. The Morgan fingerprint density at radius 1 is 1.33 bits per heavy atom. The van der Waals surface area contributed by atoms with Crippen molar-refractivity contribution in [2.45, 2.75) is 38.3 Å². The Morgan fingerprint density at radius 3 is 2.50 bits per heavy atom. The minimum Gasteiger partial charge on any atom is -0.496 e. The first-order valence-corrected chi connectivity index (χ1v) is 6.83. The molecule has 0 heterocycles. The van der Waals surface area contributed by atoms with E-state index in [9.17, 15) is 0 Å². The highest BCUT2D eigenvalue weighted by Crippen LogP contribution is 2.29. The first-order chi connectivity index (χ1) is 8.39. The second-order valence-electron chi connectivity index (χ2n) is 5.00. The number of ether oxygens (including phenoxy) is 2. The van der Waals surface area contributed by atoms with E-state index in [-0.39, 0.29) is 11.6 Å². The SMILES string of the molecule is COc1ccc(C(N)CCC(C)(C)OC)cc1Br. The van der Waals surface area contributed by atoms with Gasteiger partial charge in [0.2, 0.25) is 0 Å². The van der Waals surface area contributed by atoms with E-state index in [1.54, 1.807) is 14.2 Å². The molecule has 18 heavy (non-hydrogen) atoms. The van der Waals surface area contributed by atoms with E-state index in [1.807, 2.05) is 18.2 Å². The highest BCUT2D eigenvalue weighted by Gasteiger charge is 2.18. The summed E-state index contributed by atoms with van der Waals surface area (Å²) in [5, 5.41) is 0. The third-order valence-corrected chi connectivity index (χ3v) is 3.83. The second-order valence-corrected chi connectivity index (χ2v) is 5.86. The van der Waals surface area contributed by atoms with E-state index in [0.29, 0.717) is 0 Å². The molecule has 1 aromatic rings. The van der Waals surface area contributed by atoms with Gasteiger partial charge in [-0.05, 0) is 60.3 Å². The summed E-state index contributed by atoms with van der Waals surface area (Å²) in [5.41, 5.74) is 7.18. The predicted molar refractivity (Wildman–Crippen MR) is 77.9 cm³/mol. The molecule has 1 rings (SSSR count). The van der Waals surface area contributed by atoms with E-state index in [2.05, 4.69) is 29.8 Å². The van der Waals surface area contributed by atoms with Gasteiger partial charge in [-0.25, -0.2) is 0 Å². The molecule has 2 N–H and O–H groups in total. The molecule has 0 bridgehead atoms. The van der Waals surface area contributed by atoms with Gasteiger partial charge in [-0.15, -0.1) is 0 Å². The number of methoxy groups -OCH3 is 2. The van der Waals surface area contributed by atoms with E-state index in [0.717, 1.165) is 28.6 Å². The molecule has 0 fully saturated rings. The molecule has 3 nitrogen and oxygen atoms in total. The molecule has 102 valence electrons. The van der Waals surface area contributed by atoms with Crippen molar-refractivity contribution in [3.05, 3.63) is 28.2 Å². The number of nitrogens with two attached hydrogens (primary N) is 1. The third kappa shape index (κ3) is 4.26. The predicted octanol–water partition coefficient (Wildman–Crippen LogP) is 3.66. The van der Waals surface area contributed by atoms with Crippen LogP contribution in [0.3, 0.4) is 0 Å². The number of rotatable bonds is 6. The second kappa shape index (κ2) is 6.55. The molecule has 1 atom stereocenters. The normalized spacial score (nSPS) is 13.4. The van der Waals surface area contributed by atoms with Gasteiger partial charge in [0.05, 0.1) is 17.2 Å². The zero-order chi connectivity index (χ0) is 13.8. The van der Waals surface area contributed by atoms with Crippen LogP contribution >= 0.6 is 15.9 Å². The first kappa shape index (κ1) is 15.5. The summed E-state index contributed by atoms with van der Waals surface area (Å²) in [6.45, 7) is 4.15. The van der Waals surface area contributed by atoms with Crippen LogP contribution in [0, 0.1) is 0 Å². The maximum Gasteiger partial charge on any atom is 0.133 e. The Labute approximate surface area is 118 Å². The van der Waals surface area contributed by atoms with Gasteiger partial charge >= 0.3 is 0 Å². The quantitative estimate of drug-likeness (QED) is 0.871. The van der Waals surface area contributed by atoms with Gasteiger partial charge in [-0.3, -0.25) is 0 Å². The molecule has 1 unspecified atom stereocenters. The summed E-state index contributed by atoms with van der Waals surface area (Å²) in [5.74, 6) is 0.822. The zero-order valence-electron chi connectivity index (χ0n) is 11.5. The molecule has 0 aliphatic carbocycles. The average Bonchev–Trinajstić information content (AvgIpc) is 2.36. The van der Waals surface area contributed by atoms with Crippen molar-refractivity contribution in [3.63, 3.8) is 0 Å². The summed E-state index contributed by atoms with van der Waals surface area (Å²) >= 11 is 3.47. The van der Waals surface area contributed by atoms with Crippen LogP contribution in [0.25, 0.3) is 0 Å². The van der Waals surface area contributed by atoms with Crippen molar-refractivity contribution in [2.24, 2.45) is 5.73 Å². The summed E-state index contributed by atoms with van der Waals surface area (Å²) in [6.07, 6.45) is 1.81. The topological polar surface area (TPSA) is 44.5 Å². The number of hydrogen-bond acceptors (Lipinski definition) is 3. The standard InChI is InChI=1S/C14H22BrNO2/c1-14(2,18-4)8-7-12(16)10-5-6-13(17-3)11(15)9-10/h5-6,9,12H,7-8,16H2,1-4H3. The maximum atomic E-state index is 6.20. The molecule has 0 aliphatic rings. The van der Waals surface area contributed by atoms with Crippen LogP contribution in [0.1, 0.15) is 38.3 Å². The lowest BCUT2D eigenvalue weighted by Gasteiger charge is -2.24. The Kier molecular flexibility index (Phi) is 5.63. The zero-order valence-corrected chi connectivity index (χ0v) is 13.1. The molecule has 1 aromatic carbocycles. The van der Waals surface area contributed by atoms with Crippen LogP contribution in [-0.2, 0) is 4.74 Å². The Hall–Kier alpha value is -0.580. The Balaban J connectivity index is 2.67. The highest BCUT2D eigenvalue weighted by atomic mass is 79.9. The van der Waals surface area contributed by atoms with Crippen LogP contribution in [0.4, 0.5) is 0 Å². The van der Waals surface area contributed by atoms with Crippen molar-refractivity contribution in [2.75, 3.05) is 14.2 Å². The molecule has 0 saturated carbocycles. The van der Waals surface area contributed by atoms with Gasteiger partial charge in [0.25, 0.3) is 0 Å². The van der Waals surface area contributed by atoms with Gasteiger partial charge in [0.1, 0.15) is 5.75 Å². The van der Waals surface area contributed by atoms with Crippen molar-refractivity contribution in [1.29, 1.82) is 0 Å². The molecule has 4 heteroatoms. The van der Waals surface area contributed by atoms with E-state index in [4.69, 9.17) is 15.2 Å². The van der Waals surface area contributed by atoms with Crippen LogP contribution < -0.4 is 10.5 Å². The third-order valence-electron chi connectivity index (χ3n) is 3.21. The number of halogens is 1. The van der Waals surface area contributed by atoms with E-state index in [1.165, 1.54) is 0 Å². The fourth-order valence-electron chi connectivity index (χ4n) is 1.69. The largest absolute Gasteiger partial charge is 0.496 e. The van der Waals surface area contributed by atoms with E-state index < -0.39 is 0 Å². The number of benzene rings is 1. The summed E-state index contributed by atoms with van der Waals surface area (Å²) in [4.78, 5) is 0. The lowest BCUT2D eigenvalue weighted by Crippen LogP contribution is -2.24. The first-order valence-electron chi connectivity index (χ1n) is 6.04. The summed E-state index contributed by atoms with van der Waals surface area (Å²) in [7, 11) is 3.39. The van der Waals surface area contributed by atoms with Crippen molar-refractivity contribution in [1.82, 2.24) is 0 Å². The number of hydrogen-bond donors (Lipinski definition) is 1. The minimum absolute atomic E-state index is 0.0154. The molecule has 0 radical (unpaired) electrons. The molecule has 0 saturated heterocycles. The van der Waals surface area contributed by atoms with Crippen LogP contribution in [0.15, 0.2) is 22.7 Å². The van der Waals surface area contributed by atoms with Gasteiger partial charge in [-0.2, -0.15) is 0 Å². The van der Waals surface area contributed by atoms with Gasteiger partial charge < -0.3 is 15.2 Å². The Morgan fingerprint density at radius 2 is 2.00 bits per heavy atom. The van der Waals surface area contributed by atoms with Crippen molar-refractivity contribution < 1.29 is 9.47 Å². The van der Waals surface area contributed by atoms with E-state index >= 15 is 0 Å². The van der Waals surface area contributed by atoms with Gasteiger partial charge in [0.15, 0.2) is 0 Å². The highest BCUT2D eigenvalue weighted by molar-refractivity contribution is 9.10. The average molecular weight is 316 g/mol. The van der Waals surface area contributed by atoms with Gasteiger partial charge in [0, 0.05) is 13.2 Å². The van der Waals surface area contributed by atoms with Crippen LogP contribution in [0.2, 0.25) is 0 Å². The monoisotopic (exact) mass is 315 g/mol. The molecule has 0 aromatic heterocycles. The van der Waals surface area contributed by atoms with Crippen molar-refractivity contribution in [3.8, 4) is 5.75 Å².